The molecule has 0 aromatic carbocycles. The van der Waals surface area contributed by atoms with Gasteiger partial charge in [0.1, 0.15) is 12.2 Å². The molecule has 0 aromatic rings. The molecule has 0 spiro atoms. The van der Waals surface area contributed by atoms with Crippen LogP contribution in [-0.2, 0) is 38.1 Å². The second-order valence-electron chi connectivity index (χ2n) is 5.84. The summed E-state index contributed by atoms with van der Waals surface area (Å²) in [6.45, 7) is 4.86. The summed E-state index contributed by atoms with van der Waals surface area (Å²) in [4.78, 5) is 45.8. The van der Waals surface area contributed by atoms with Crippen LogP contribution < -0.4 is 0 Å². The van der Waals surface area contributed by atoms with Crippen LogP contribution in [0.3, 0.4) is 0 Å². The van der Waals surface area contributed by atoms with Crippen LogP contribution in [0, 0.1) is 11.8 Å². The summed E-state index contributed by atoms with van der Waals surface area (Å²) >= 11 is 0. The molecule has 0 aliphatic heterocycles. The van der Waals surface area contributed by atoms with Gasteiger partial charge >= 0.3 is 23.9 Å². The Morgan fingerprint density at radius 1 is 0.542 bits per heavy atom. The van der Waals surface area contributed by atoms with E-state index in [1.165, 1.54) is 27.7 Å². The van der Waals surface area contributed by atoms with Crippen molar-refractivity contribution in [2.45, 2.75) is 52.1 Å². The third-order valence-corrected chi connectivity index (χ3v) is 3.94. The van der Waals surface area contributed by atoms with Crippen molar-refractivity contribution in [3.63, 3.8) is 0 Å². The maximum atomic E-state index is 11.5. The Bertz CT molecular complexity index is 531. The molecule has 8 nitrogen and oxygen atoms in total. The summed E-state index contributed by atoms with van der Waals surface area (Å²) in [6.07, 6.45) is -0.198. The third-order valence-electron chi connectivity index (χ3n) is 3.94. The Hall–Kier alpha value is -2.38. The van der Waals surface area contributed by atoms with E-state index in [9.17, 15) is 19.2 Å². The van der Waals surface area contributed by atoms with E-state index in [1.807, 2.05) is 0 Å². The molecule has 6 atom stereocenters. The Morgan fingerprint density at radius 2 is 0.792 bits per heavy atom. The minimum Gasteiger partial charge on any atom is -0.458 e. The first-order valence-electron chi connectivity index (χ1n) is 7.58. The fourth-order valence-electron chi connectivity index (χ4n) is 3.16. The minimum atomic E-state index is -1.06. The van der Waals surface area contributed by atoms with E-state index in [0.717, 1.165) is 0 Å². The molecule has 0 N–H and O–H groups in total. The minimum absolute atomic E-state index is 0.297. The van der Waals surface area contributed by atoms with Gasteiger partial charge in [-0.25, -0.2) is 0 Å². The van der Waals surface area contributed by atoms with Gasteiger partial charge in [0.15, 0.2) is 12.2 Å². The van der Waals surface area contributed by atoms with Crippen molar-refractivity contribution in [3.8, 4) is 0 Å². The van der Waals surface area contributed by atoms with Gasteiger partial charge in [-0.05, 0) is 0 Å². The van der Waals surface area contributed by atoms with Crippen LogP contribution in [-0.4, -0.2) is 48.3 Å². The summed E-state index contributed by atoms with van der Waals surface area (Å²) in [7, 11) is 0. The molecule has 0 amide bonds. The summed E-state index contributed by atoms with van der Waals surface area (Å²) in [5.74, 6) is -2.95. The van der Waals surface area contributed by atoms with Gasteiger partial charge in [0.25, 0.3) is 0 Å². The van der Waals surface area contributed by atoms with Gasteiger partial charge in [0, 0.05) is 39.5 Å². The summed E-state index contributed by atoms with van der Waals surface area (Å²) in [6, 6.07) is 0. The lowest BCUT2D eigenvalue weighted by Gasteiger charge is -2.50. The highest BCUT2D eigenvalue weighted by molar-refractivity contribution is 5.69. The number of esters is 4. The molecule has 1 fully saturated rings. The van der Waals surface area contributed by atoms with Gasteiger partial charge in [-0.15, -0.1) is 0 Å². The number of hydrogen-bond acceptors (Lipinski definition) is 8. The largest absolute Gasteiger partial charge is 0.458 e. The molecule has 24 heavy (non-hydrogen) atoms. The number of carbonyl (C=O) groups excluding carboxylic acids is 4. The van der Waals surface area contributed by atoms with E-state index in [2.05, 4.69) is 0 Å². The van der Waals surface area contributed by atoms with Gasteiger partial charge in [0.05, 0.1) is 0 Å². The fraction of sp³-hybridized carbons (Fsp3) is 0.625. The highest BCUT2D eigenvalue weighted by Gasteiger charge is 2.58. The van der Waals surface area contributed by atoms with Crippen LogP contribution in [0.4, 0.5) is 0 Å². The molecule has 132 valence electrons. The normalized spacial score (nSPS) is 33.5. The van der Waals surface area contributed by atoms with Crippen LogP contribution in [0.25, 0.3) is 0 Å². The van der Waals surface area contributed by atoms with Crippen LogP contribution in [0.2, 0.25) is 0 Å². The second kappa shape index (κ2) is 7.02. The number of ether oxygens (including phenoxy) is 4. The van der Waals surface area contributed by atoms with E-state index in [1.54, 1.807) is 12.2 Å². The summed E-state index contributed by atoms with van der Waals surface area (Å²) in [5.41, 5.74) is 0. The second-order valence-corrected chi connectivity index (χ2v) is 5.84. The van der Waals surface area contributed by atoms with Crippen molar-refractivity contribution in [1.29, 1.82) is 0 Å². The summed E-state index contributed by atoms with van der Waals surface area (Å²) in [5, 5.41) is 0. The Labute approximate surface area is 139 Å². The van der Waals surface area contributed by atoms with Crippen molar-refractivity contribution in [2.75, 3.05) is 0 Å². The zero-order chi connectivity index (χ0) is 18.0. The fourth-order valence-corrected chi connectivity index (χ4v) is 3.16. The molecule has 2 rings (SSSR count). The molecule has 0 unspecified atom stereocenters. The summed E-state index contributed by atoms with van der Waals surface area (Å²) < 4.78 is 21.1. The van der Waals surface area contributed by atoms with Crippen molar-refractivity contribution in [3.05, 3.63) is 12.2 Å². The van der Waals surface area contributed by atoms with E-state index >= 15 is 0 Å². The van der Waals surface area contributed by atoms with Gasteiger partial charge < -0.3 is 18.9 Å². The smallest absolute Gasteiger partial charge is 0.303 e. The average molecular weight is 340 g/mol. The quantitative estimate of drug-likeness (QED) is 0.414. The van der Waals surface area contributed by atoms with E-state index in [4.69, 9.17) is 18.9 Å². The molecule has 0 heterocycles. The van der Waals surface area contributed by atoms with Crippen LogP contribution in [0.15, 0.2) is 12.2 Å². The van der Waals surface area contributed by atoms with Gasteiger partial charge in [-0.2, -0.15) is 0 Å². The molecule has 0 aromatic heterocycles. The lowest BCUT2D eigenvalue weighted by Crippen LogP contribution is -2.64. The van der Waals surface area contributed by atoms with E-state index in [0.29, 0.717) is 0 Å². The first kappa shape index (κ1) is 18.0. The number of carbonyl (C=O) groups is 4. The number of fused-ring (bicyclic) bond motifs is 1. The Kier molecular flexibility index (Phi) is 5.26. The van der Waals surface area contributed by atoms with Crippen LogP contribution in [0.1, 0.15) is 27.7 Å². The predicted molar refractivity (Wildman–Crippen MR) is 78.3 cm³/mol. The van der Waals surface area contributed by atoms with E-state index in [-0.39, 0.29) is 11.8 Å². The monoisotopic (exact) mass is 340 g/mol. The molecule has 0 saturated heterocycles. The lowest BCUT2D eigenvalue weighted by molar-refractivity contribution is -0.225. The van der Waals surface area contributed by atoms with Crippen molar-refractivity contribution >= 4 is 23.9 Å². The van der Waals surface area contributed by atoms with Crippen molar-refractivity contribution in [2.24, 2.45) is 11.8 Å². The molecule has 8 heteroatoms. The number of rotatable bonds is 4. The number of hydrogen-bond donors (Lipinski definition) is 0. The topological polar surface area (TPSA) is 105 Å². The molecule has 0 radical (unpaired) electrons. The first-order chi connectivity index (χ1) is 11.2. The highest BCUT2D eigenvalue weighted by atomic mass is 16.6. The lowest BCUT2D eigenvalue weighted by atomic mass is 9.66. The van der Waals surface area contributed by atoms with Crippen molar-refractivity contribution in [1.82, 2.24) is 0 Å². The van der Waals surface area contributed by atoms with E-state index < -0.39 is 48.3 Å². The first-order valence-corrected chi connectivity index (χ1v) is 7.58. The van der Waals surface area contributed by atoms with Gasteiger partial charge in [0.2, 0.25) is 0 Å². The highest BCUT2D eigenvalue weighted by Crippen LogP contribution is 2.44. The molecule has 2 aliphatic carbocycles. The zero-order valence-electron chi connectivity index (χ0n) is 13.9. The molecule has 2 aliphatic rings. The predicted octanol–water partition coefficient (Wildman–Crippen LogP) is 0.529. The molecule has 1 saturated carbocycles. The molecular weight excluding hydrogens is 320 g/mol. The van der Waals surface area contributed by atoms with Crippen molar-refractivity contribution < 1.29 is 38.1 Å². The average Bonchev–Trinajstić information content (AvgIpc) is 2.37. The zero-order valence-corrected chi connectivity index (χ0v) is 13.9. The maximum Gasteiger partial charge on any atom is 0.303 e. The van der Waals surface area contributed by atoms with Crippen LogP contribution >= 0.6 is 0 Å². The van der Waals surface area contributed by atoms with Gasteiger partial charge in [-0.1, -0.05) is 12.2 Å². The Morgan fingerprint density at radius 3 is 1.00 bits per heavy atom. The third kappa shape index (κ3) is 3.74. The molecule has 0 bridgehead atoms. The van der Waals surface area contributed by atoms with Gasteiger partial charge in [-0.3, -0.25) is 19.2 Å². The molecular formula is C16H20O8. The SMILES string of the molecule is CC(=O)O[C@@H]1[C@H](OC(C)=O)[C@@H](OC(C)=O)[C@@H]2C=C[C@@H]2[C@H]1OC(C)=O. The van der Waals surface area contributed by atoms with Crippen LogP contribution in [0.5, 0.6) is 0 Å². The Balaban J connectivity index is 2.39. The maximum absolute atomic E-state index is 11.5. The standard InChI is InChI=1S/C16H20O8/c1-7(17)21-13-11-5-6-12(11)14(22-8(2)18)16(24-10(4)20)15(13)23-9(3)19/h5-6,11-16H,1-4H3/t11-,12+,13+,14-,15-,16+.